The van der Waals surface area contributed by atoms with Crippen LogP contribution in [0.4, 0.5) is 15.9 Å². The van der Waals surface area contributed by atoms with E-state index in [4.69, 9.17) is 0 Å². The molecule has 0 amide bonds. The topological polar surface area (TPSA) is 41.1 Å². The van der Waals surface area contributed by atoms with Crippen molar-refractivity contribution in [2.75, 3.05) is 23.8 Å². The van der Waals surface area contributed by atoms with Gasteiger partial charge in [-0.3, -0.25) is 0 Å². The van der Waals surface area contributed by atoms with Gasteiger partial charge in [-0.25, -0.2) is 14.4 Å². The molecule has 5 heteroatoms. The Balaban J connectivity index is 2.13. The fourth-order valence-electron chi connectivity index (χ4n) is 2.06. The van der Waals surface area contributed by atoms with Crippen LogP contribution in [0, 0.1) is 12.7 Å². The van der Waals surface area contributed by atoms with Crippen molar-refractivity contribution in [1.82, 2.24) is 9.97 Å². The van der Waals surface area contributed by atoms with Gasteiger partial charge in [0.1, 0.15) is 17.5 Å². The van der Waals surface area contributed by atoms with Gasteiger partial charge in [0.2, 0.25) is 0 Å². The lowest BCUT2D eigenvalue weighted by Gasteiger charge is -2.19. The van der Waals surface area contributed by atoms with Crippen LogP contribution in [-0.4, -0.2) is 23.6 Å². The number of hydrogen-bond acceptors (Lipinski definition) is 4. The molecule has 0 fully saturated rings. The number of rotatable bonds is 6. The van der Waals surface area contributed by atoms with Gasteiger partial charge in [0.15, 0.2) is 0 Å². The molecule has 1 heterocycles. The van der Waals surface area contributed by atoms with Crippen molar-refractivity contribution in [1.29, 1.82) is 0 Å². The average molecular weight is 288 g/mol. The molecule has 0 aliphatic carbocycles. The molecule has 0 unspecified atom stereocenters. The Morgan fingerprint density at radius 1 is 1.24 bits per heavy atom. The van der Waals surface area contributed by atoms with E-state index in [1.165, 1.54) is 12.1 Å². The van der Waals surface area contributed by atoms with E-state index in [9.17, 15) is 4.39 Å². The van der Waals surface area contributed by atoms with Crippen molar-refractivity contribution in [3.05, 3.63) is 47.7 Å². The third kappa shape index (κ3) is 4.41. The summed E-state index contributed by atoms with van der Waals surface area (Å²) in [6.45, 7) is 5.48. The maximum atomic E-state index is 13.3. The van der Waals surface area contributed by atoms with Gasteiger partial charge in [-0.05, 0) is 31.5 Å². The minimum Gasteiger partial charge on any atom is -0.370 e. The number of halogens is 1. The molecule has 1 aromatic carbocycles. The van der Waals surface area contributed by atoms with Gasteiger partial charge in [-0.2, -0.15) is 0 Å². The lowest BCUT2D eigenvalue weighted by atomic mass is 10.3. The molecule has 4 nitrogen and oxygen atoms in total. The van der Waals surface area contributed by atoms with E-state index in [-0.39, 0.29) is 5.82 Å². The Bertz CT molecular complexity index is 601. The largest absolute Gasteiger partial charge is 0.370 e. The Morgan fingerprint density at radius 3 is 2.76 bits per heavy atom. The molecule has 0 saturated heterocycles. The molecule has 0 aliphatic heterocycles. The van der Waals surface area contributed by atoms with Gasteiger partial charge in [-0.15, -0.1) is 0 Å². The van der Waals surface area contributed by atoms with E-state index in [1.807, 2.05) is 31.0 Å². The first kappa shape index (κ1) is 15.2. The minimum atomic E-state index is -0.241. The molecule has 112 valence electrons. The zero-order chi connectivity index (χ0) is 15.2. The second kappa shape index (κ2) is 7.02. The van der Waals surface area contributed by atoms with Crippen LogP contribution >= 0.6 is 0 Å². The molecular weight excluding hydrogens is 267 g/mol. The van der Waals surface area contributed by atoms with Gasteiger partial charge in [-0.1, -0.05) is 13.0 Å². The Kier molecular flexibility index (Phi) is 5.09. The molecule has 0 aliphatic rings. The second-order valence-electron chi connectivity index (χ2n) is 5.07. The number of anilines is 2. The number of nitrogens with zero attached hydrogens (tertiary/aromatic N) is 3. The normalized spacial score (nSPS) is 10.5. The molecule has 0 bridgehead atoms. The summed E-state index contributed by atoms with van der Waals surface area (Å²) in [6, 6.07) is 8.45. The molecule has 1 aromatic heterocycles. The maximum Gasteiger partial charge on any atom is 0.150 e. The fraction of sp³-hybridized carbons (Fsp3) is 0.375. The highest BCUT2D eigenvalue weighted by Gasteiger charge is 2.07. The Morgan fingerprint density at radius 2 is 2.05 bits per heavy atom. The predicted molar refractivity (Wildman–Crippen MR) is 84.1 cm³/mol. The second-order valence-corrected chi connectivity index (χ2v) is 5.07. The molecule has 0 saturated carbocycles. The van der Waals surface area contributed by atoms with Crippen molar-refractivity contribution in [3.63, 3.8) is 0 Å². The third-order valence-corrected chi connectivity index (χ3v) is 3.08. The molecule has 0 atom stereocenters. The molecule has 0 spiro atoms. The van der Waals surface area contributed by atoms with E-state index < -0.39 is 0 Å². The molecule has 2 rings (SSSR count). The van der Waals surface area contributed by atoms with Crippen LogP contribution in [-0.2, 0) is 6.54 Å². The van der Waals surface area contributed by atoms with E-state index >= 15 is 0 Å². The van der Waals surface area contributed by atoms with Crippen molar-refractivity contribution >= 4 is 11.5 Å². The third-order valence-electron chi connectivity index (χ3n) is 3.08. The maximum absolute atomic E-state index is 13.3. The first-order valence-electron chi connectivity index (χ1n) is 7.13. The molecule has 1 N–H and O–H groups in total. The monoisotopic (exact) mass is 288 g/mol. The van der Waals surface area contributed by atoms with Crippen LogP contribution in [0.15, 0.2) is 30.3 Å². The number of aromatic nitrogens is 2. The summed E-state index contributed by atoms with van der Waals surface area (Å²) in [4.78, 5) is 10.9. The number of aryl methyl sites for hydroxylation is 1. The lowest BCUT2D eigenvalue weighted by Crippen LogP contribution is -2.19. The SMILES string of the molecule is CCCNc1cc(C)nc(CN(C)c2cccc(F)c2)n1. The van der Waals surface area contributed by atoms with E-state index in [0.717, 1.165) is 36.0 Å². The zero-order valence-electron chi connectivity index (χ0n) is 12.7. The number of hydrogen-bond donors (Lipinski definition) is 1. The van der Waals surface area contributed by atoms with Gasteiger partial charge in [0, 0.05) is 31.0 Å². The lowest BCUT2D eigenvalue weighted by molar-refractivity contribution is 0.627. The van der Waals surface area contributed by atoms with Gasteiger partial charge in [0.25, 0.3) is 0 Å². The minimum absolute atomic E-state index is 0.241. The van der Waals surface area contributed by atoms with Crippen molar-refractivity contribution in [3.8, 4) is 0 Å². The zero-order valence-corrected chi connectivity index (χ0v) is 12.7. The number of nitrogens with one attached hydrogen (secondary N) is 1. The summed E-state index contributed by atoms with van der Waals surface area (Å²) in [5.74, 6) is 1.32. The quantitative estimate of drug-likeness (QED) is 0.884. The summed E-state index contributed by atoms with van der Waals surface area (Å²) in [7, 11) is 1.90. The number of benzene rings is 1. The highest BCUT2D eigenvalue weighted by molar-refractivity contribution is 5.46. The summed E-state index contributed by atoms with van der Waals surface area (Å²) in [6.07, 6.45) is 1.04. The van der Waals surface area contributed by atoms with Crippen molar-refractivity contribution in [2.24, 2.45) is 0 Å². The van der Waals surface area contributed by atoms with Crippen LogP contribution in [0.3, 0.4) is 0 Å². The first-order chi connectivity index (χ1) is 10.1. The van der Waals surface area contributed by atoms with Crippen LogP contribution in [0.1, 0.15) is 24.9 Å². The molecule has 2 aromatic rings. The molecular formula is C16H21FN4. The molecule has 0 radical (unpaired) electrons. The summed E-state index contributed by atoms with van der Waals surface area (Å²) < 4.78 is 13.3. The summed E-state index contributed by atoms with van der Waals surface area (Å²) in [5.41, 5.74) is 1.73. The van der Waals surface area contributed by atoms with Crippen molar-refractivity contribution < 1.29 is 4.39 Å². The fourth-order valence-corrected chi connectivity index (χ4v) is 2.06. The summed E-state index contributed by atoms with van der Waals surface area (Å²) in [5, 5.41) is 3.27. The first-order valence-corrected chi connectivity index (χ1v) is 7.13. The Labute approximate surface area is 125 Å². The summed E-state index contributed by atoms with van der Waals surface area (Å²) >= 11 is 0. The van der Waals surface area contributed by atoms with E-state index in [2.05, 4.69) is 22.2 Å². The highest BCUT2D eigenvalue weighted by Crippen LogP contribution is 2.16. The van der Waals surface area contributed by atoms with E-state index in [0.29, 0.717) is 6.54 Å². The van der Waals surface area contributed by atoms with Gasteiger partial charge in [0.05, 0.1) is 6.54 Å². The van der Waals surface area contributed by atoms with Crippen molar-refractivity contribution in [2.45, 2.75) is 26.8 Å². The standard InChI is InChI=1S/C16H21FN4/c1-4-8-18-15-9-12(2)19-16(20-15)11-21(3)14-7-5-6-13(17)10-14/h5-7,9-10H,4,8,11H2,1-3H3,(H,18,19,20). The predicted octanol–water partition coefficient (Wildman–Crippen LogP) is 3.38. The van der Waals surface area contributed by atoms with Crippen LogP contribution in [0.25, 0.3) is 0 Å². The smallest absolute Gasteiger partial charge is 0.150 e. The van der Waals surface area contributed by atoms with E-state index in [1.54, 1.807) is 6.07 Å². The average Bonchev–Trinajstić information content (AvgIpc) is 2.44. The van der Waals surface area contributed by atoms with Crippen LogP contribution < -0.4 is 10.2 Å². The van der Waals surface area contributed by atoms with Crippen LogP contribution in [0.2, 0.25) is 0 Å². The highest BCUT2D eigenvalue weighted by atomic mass is 19.1. The van der Waals surface area contributed by atoms with Gasteiger partial charge < -0.3 is 10.2 Å². The van der Waals surface area contributed by atoms with Crippen LogP contribution in [0.5, 0.6) is 0 Å². The molecule has 21 heavy (non-hydrogen) atoms. The van der Waals surface area contributed by atoms with Gasteiger partial charge >= 0.3 is 0 Å². The Hall–Kier alpha value is -2.17.